The van der Waals surface area contributed by atoms with Gasteiger partial charge in [-0.3, -0.25) is 4.98 Å². The Hall–Kier alpha value is -1.31. The van der Waals surface area contributed by atoms with Crippen LogP contribution in [0, 0.1) is 12.8 Å². The van der Waals surface area contributed by atoms with Crippen LogP contribution < -0.4 is 10.2 Å². The molecule has 0 saturated carbocycles. The lowest BCUT2D eigenvalue weighted by Crippen LogP contribution is -2.61. The summed E-state index contributed by atoms with van der Waals surface area (Å²) < 4.78 is 6.56. The largest absolute Gasteiger partial charge is 0.444 e. The molecule has 1 amide bonds. The van der Waals surface area contributed by atoms with Gasteiger partial charge in [0, 0.05) is 25.7 Å². The molecule has 0 spiro atoms. The summed E-state index contributed by atoms with van der Waals surface area (Å²) >= 11 is 2.25. The van der Waals surface area contributed by atoms with Crippen LogP contribution >= 0.6 is 22.6 Å². The molecule has 1 aromatic rings. The third-order valence-electron chi connectivity index (χ3n) is 4.84. The number of hydrogen-bond donors (Lipinski definition) is 1. The molecule has 0 aliphatic carbocycles. The van der Waals surface area contributed by atoms with E-state index in [4.69, 9.17) is 4.74 Å². The van der Waals surface area contributed by atoms with E-state index >= 15 is 0 Å². The van der Waals surface area contributed by atoms with Crippen molar-refractivity contribution in [3.05, 3.63) is 34.2 Å². The Morgan fingerprint density at radius 1 is 1.54 bits per heavy atom. The second kappa shape index (κ2) is 8.15. The first-order valence-corrected chi connectivity index (χ1v) is 10.1. The van der Waals surface area contributed by atoms with E-state index in [1.807, 2.05) is 40.0 Å². The Balaban J connectivity index is 2.19. The van der Waals surface area contributed by atoms with E-state index in [9.17, 15) is 4.79 Å². The highest BCUT2D eigenvalue weighted by atomic mass is 127. The van der Waals surface area contributed by atoms with E-state index in [1.54, 1.807) is 0 Å². The number of nitrogens with one attached hydrogen (secondary N) is 1. The van der Waals surface area contributed by atoms with Gasteiger partial charge in [0.25, 0.3) is 0 Å². The van der Waals surface area contributed by atoms with Crippen LogP contribution in [0.15, 0.2) is 28.5 Å². The monoisotopic (exact) mass is 471 g/mol. The Labute approximate surface area is 170 Å². The highest BCUT2D eigenvalue weighted by molar-refractivity contribution is 14.1. The Kier molecular flexibility index (Phi) is 6.58. The standard InChI is InChI=1S/C20H30IN3O2/c1-14-13-24(17-8-7-10-22-16(17)3)11-9-20(14,12-15(2)21)23-18(25)26-19(4,5)6/h7-8,10,14H,2,9,11-13H2,1,3-6H3,(H,23,25). The van der Waals surface area contributed by atoms with Gasteiger partial charge in [0.15, 0.2) is 0 Å². The molecule has 1 aromatic heterocycles. The summed E-state index contributed by atoms with van der Waals surface area (Å²) in [5, 5.41) is 3.19. The highest BCUT2D eigenvalue weighted by Crippen LogP contribution is 2.37. The first-order valence-electron chi connectivity index (χ1n) is 9.03. The second-order valence-electron chi connectivity index (χ2n) is 8.18. The van der Waals surface area contributed by atoms with Crippen LogP contribution in [-0.4, -0.2) is 35.3 Å². The molecule has 1 fully saturated rings. The molecule has 2 rings (SSSR count). The first kappa shape index (κ1) is 21.0. The summed E-state index contributed by atoms with van der Waals surface area (Å²) in [5.74, 6) is 0.245. The fourth-order valence-corrected chi connectivity index (χ4v) is 4.23. The first-order chi connectivity index (χ1) is 12.0. The number of pyridine rings is 1. The van der Waals surface area contributed by atoms with Crippen molar-refractivity contribution in [1.29, 1.82) is 0 Å². The van der Waals surface area contributed by atoms with Crippen molar-refractivity contribution in [1.82, 2.24) is 10.3 Å². The number of rotatable bonds is 4. The van der Waals surface area contributed by atoms with Crippen molar-refractivity contribution in [2.45, 2.75) is 58.6 Å². The predicted octanol–water partition coefficient (Wildman–Crippen LogP) is 4.84. The number of alkyl carbamates (subject to hydrolysis) is 1. The van der Waals surface area contributed by atoms with E-state index in [2.05, 4.69) is 57.4 Å². The number of anilines is 1. The minimum absolute atomic E-state index is 0.245. The molecule has 2 atom stereocenters. The quantitative estimate of drug-likeness (QED) is 0.639. The topological polar surface area (TPSA) is 54.5 Å². The smallest absolute Gasteiger partial charge is 0.408 e. The lowest BCUT2D eigenvalue weighted by Gasteiger charge is -2.48. The SMILES string of the molecule is C=C(I)CC1(NC(=O)OC(C)(C)C)CCN(c2cccnc2C)CC1C. The minimum Gasteiger partial charge on any atom is -0.444 e. The molecule has 1 aliphatic rings. The summed E-state index contributed by atoms with van der Waals surface area (Å²) in [6.07, 6.45) is 3.05. The van der Waals surface area contributed by atoms with Crippen LogP contribution in [-0.2, 0) is 4.74 Å². The van der Waals surface area contributed by atoms with Gasteiger partial charge in [0.05, 0.1) is 16.9 Å². The number of carbonyl (C=O) groups is 1. The number of ether oxygens (including phenoxy) is 1. The van der Waals surface area contributed by atoms with Crippen molar-refractivity contribution >= 4 is 34.4 Å². The van der Waals surface area contributed by atoms with Gasteiger partial charge in [-0.05, 0) is 78.3 Å². The molecule has 2 unspecified atom stereocenters. The number of piperidine rings is 1. The lowest BCUT2D eigenvalue weighted by molar-refractivity contribution is 0.0390. The maximum absolute atomic E-state index is 12.5. The zero-order valence-electron chi connectivity index (χ0n) is 16.4. The van der Waals surface area contributed by atoms with Crippen LogP contribution in [0.2, 0.25) is 0 Å². The van der Waals surface area contributed by atoms with Gasteiger partial charge >= 0.3 is 6.09 Å². The predicted molar refractivity (Wildman–Crippen MR) is 115 cm³/mol. The Morgan fingerprint density at radius 3 is 2.77 bits per heavy atom. The van der Waals surface area contributed by atoms with E-state index in [0.29, 0.717) is 0 Å². The van der Waals surface area contributed by atoms with Crippen LogP contribution in [0.1, 0.15) is 46.2 Å². The van der Waals surface area contributed by atoms with Crippen LogP contribution in [0.3, 0.4) is 0 Å². The van der Waals surface area contributed by atoms with Crippen molar-refractivity contribution < 1.29 is 9.53 Å². The molecule has 2 heterocycles. The van der Waals surface area contributed by atoms with E-state index in [-0.39, 0.29) is 17.6 Å². The summed E-state index contributed by atoms with van der Waals surface area (Å²) in [6.45, 7) is 15.7. The van der Waals surface area contributed by atoms with Crippen LogP contribution in [0.5, 0.6) is 0 Å². The maximum atomic E-state index is 12.5. The number of hydrogen-bond acceptors (Lipinski definition) is 4. The molecule has 26 heavy (non-hydrogen) atoms. The van der Waals surface area contributed by atoms with E-state index < -0.39 is 5.60 Å². The minimum atomic E-state index is -0.511. The molecule has 0 bridgehead atoms. The third-order valence-corrected chi connectivity index (χ3v) is 5.22. The fourth-order valence-electron chi connectivity index (χ4n) is 3.55. The third kappa shape index (κ3) is 5.34. The molecule has 0 aromatic carbocycles. The molecule has 5 nitrogen and oxygen atoms in total. The molecule has 144 valence electrons. The van der Waals surface area contributed by atoms with Crippen molar-refractivity contribution in [2.24, 2.45) is 5.92 Å². The molecular weight excluding hydrogens is 441 g/mol. The number of amides is 1. The zero-order valence-corrected chi connectivity index (χ0v) is 18.6. The van der Waals surface area contributed by atoms with Crippen molar-refractivity contribution in [2.75, 3.05) is 18.0 Å². The normalized spacial score (nSPS) is 23.5. The lowest BCUT2D eigenvalue weighted by atomic mass is 9.76. The van der Waals surface area contributed by atoms with E-state index in [0.717, 1.165) is 35.2 Å². The summed E-state index contributed by atoms with van der Waals surface area (Å²) in [7, 11) is 0. The summed E-state index contributed by atoms with van der Waals surface area (Å²) in [4.78, 5) is 19.2. The number of nitrogens with zero attached hydrogens (tertiary/aromatic N) is 2. The number of aryl methyl sites for hydroxylation is 1. The van der Waals surface area contributed by atoms with Gasteiger partial charge in [0.2, 0.25) is 0 Å². The molecule has 1 N–H and O–H groups in total. The molecule has 6 heteroatoms. The highest BCUT2D eigenvalue weighted by Gasteiger charge is 2.43. The van der Waals surface area contributed by atoms with Crippen molar-refractivity contribution in [3.63, 3.8) is 0 Å². The average molecular weight is 471 g/mol. The fraction of sp³-hybridized carbons (Fsp3) is 0.600. The van der Waals surface area contributed by atoms with Gasteiger partial charge < -0.3 is 15.0 Å². The van der Waals surface area contributed by atoms with Gasteiger partial charge in [-0.1, -0.05) is 13.5 Å². The van der Waals surface area contributed by atoms with Crippen LogP contribution in [0.4, 0.5) is 10.5 Å². The second-order valence-corrected chi connectivity index (χ2v) is 9.71. The average Bonchev–Trinajstić information content (AvgIpc) is 2.48. The van der Waals surface area contributed by atoms with E-state index in [1.165, 1.54) is 5.69 Å². The van der Waals surface area contributed by atoms with Gasteiger partial charge in [-0.25, -0.2) is 4.79 Å². The number of aromatic nitrogens is 1. The molecule has 1 aliphatic heterocycles. The molecular formula is C20H30IN3O2. The summed E-state index contributed by atoms with van der Waals surface area (Å²) in [5.41, 5.74) is 1.35. The van der Waals surface area contributed by atoms with Crippen molar-refractivity contribution in [3.8, 4) is 0 Å². The maximum Gasteiger partial charge on any atom is 0.408 e. The van der Waals surface area contributed by atoms with Crippen LogP contribution in [0.25, 0.3) is 0 Å². The Bertz CT molecular complexity index is 671. The molecule has 1 saturated heterocycles. The Morgan fingerprint density at radius 2 is 2.23 bits per heavy atom. The van der Waals surface area contributed by atoms with Gasteiger partial charge in [0.1, 0.15) is 5.60 Å². The zero-order chi connectivity index (χ0) is 19.5. The molecule has 0 radical (unpaired) electrons. The summed E-state index contributed by atoms with van der Waals surface area (Å²) in [6, 6.07) is 4.08. The van der Waals surface area contributed by atoms with Gasteiger partial charge in [-0.2, -0.15) is 0 Å². The number of halogens is 1. The number of carbonyl (C=O) groups excluding carboxylic acids is 1. The van der Waals surface area contributed by atoms with Gasteiger partial charge in [-0.15, -0.1) is 0 Å².